The minimum Gasteiger partial charge on any atom is -0.358 e. The fraction of sp³-hybridized carbons (Fsp3) is 0.438. The second-order valence-corrected chi connectivity index (χ2v) is 7.95. The van der Waals surface area contributed by atoms with Gasteiger partial charge in [0.2, 0.25) is 11.0 Å². The quantitative estimate of drug-likeness (QED) is 0.732. The molecule has 0 fully saturated rings. The lowest BCUT2D eigenvalue weighted by atomic mass is 10.0. The fourth-order valence-corrected chi connectivity index (χ4v) is 3.70. The van der Waals surface area contributed by atoms with Gasteiger partial charge in [0.15, 0.2) is 4.34 Å². The van der Waals surface area contributed by atoms with Crippen LogP contribution < -0.4 is 10.6 Å². The highest BCUT2D eigenvalue weighted by molar-refractivity contribution is 8.01. The van der Waals surface area contributed by atoms with E-state index < -0.39 is 0 Å². The third kappa shape index (κ3) is 5.51. The van der Waals surface area contributed by atoms with Crippen molar-refractivity contribution < 1.29 is 4.79 Å². The highest BCUT2D eigenvalue weighted by Gasteiger charge is 2.11. The molecule has 0 unspecified atom stereocenters. The van der Waals surface area contributed by atoms with Crippen LogP contribution in [0.4, 0.5) is 10.8 Å². The van der Waals surface area contributed by atoms with Gasteiger partial charge < -0.3 is 10.6 Å². The average Bonchev–Trinajstić information content (AvgIpc) is 2.92. The molecule has 0 aliphatic rings. The summed E-state index contributed by atoms with van der Waals surface area (Å²) in [6.07, 6.45) is 0. The van der Waals surface area contributed by atoms with E-state index in [2.05, 4.69) is 34.7 Å². The van der Waals surface area contributed by atoms with Crippen LogP contribution in [0.1, 0.15) is 39.2 Å². The summed E-state index contributed by atoms with van der Waals surface area (Å²) >= 11 is 2.87. The van der Waals surface area contributed by atoms with Crippen molar-refractivity contribution in [2.75, 3.05) is 16.4 Å². The summed E-state index contributed by atoms with van der Waals surface area (Å²) in [6, 6.07) is 8.22. The predicted molar refractivity (Wildman–Crippen MR) is 98.6 cm³/mol. The number of rotatable bonds is 7. The summed E-state index contributed by atoms with van der Waals surface area (Å²) in [5.41, 5.74) is 2.03. The zero-order valence-electron chi connectivity index (χ0n) is 13.8. The van der Waals surface area contributed by atoms with Gasteiger partial charge in [-0.3, -0.25) is 4.79 Å². The zero-order valence-corrected chi connectivity index (χ0v) is 15.4. The minimum atomic E-state index is -0.0309. The van der Waals surface area contributed by atoms with Gasteiger partial charge >= 0.3 is 0 Å². The molecule has 0 saturated heterocycles. The molecule has 0 bridgehead atoms. The van der Waals surface area contributed by atoms with Crippen molar-refractivity contribution >= 4 is 39.8 Å². The smallest absolute Gasteiger partial charge is 0.234 e. The van der Waals surface area contributed by atoms with Crippen molar-refractivity contribution in [1.82, 2.24) is 10.2 Å². The van der Waals surface area contributed by atoms with Gasteiger partial charge in [-0.25, -0.2) is 0 Å². The predicted octanol–water partition coefficient (Wildman–Crippen LogP) is 4.21. The van der Waals surface area contributed by atoms with Gasteiger partial charge in [-0.2, -0.15) is 0 Å². The molecular weight excluding hydrogens is 328 g/mol. The fourth-order valence-electron chi connectivity index (χ4n) is 2.00. The van der Waals surface area contributed by atoms with Gasteiger partial charge in [-0.05, 0) is 31.4 Å². The molecule has 2 rings (SSSR count). The Kier molecular flexibility index (Phi) is 6.41. The lowest BCUT2D eigenvalue weighted by molar-refractivity contribution is -0.113. The largest absolute Gasteiger partial charge is 0.358 e. The molecule has 1 aromatic heterocycles. The van der Waals surface area contributed by atoms with Crippen LogP contribution in [0.2, 0.25) is 0 Å². The summed E-state index contributed by atoms with van der Waals surface area (Å²) in [7, 11) is 0. The topological polar surface area (TPSA) is 66.9 Å². The number of benzene rings is 1. The normalized spacial score (nSPS) is 11.0. The lowest BCUT2D eigenvalue weighted by Crippen LogP contribution is -2.15. The van der Waals surface area contributed by atoms with E-state index in [1.165, 1.54) is 23.1 Å². The van der Waals surface area contributed by atoms with Gasteiger partial charge in [0, 0.05) is 11.7 Å². The molecule has 0 radical (unpaired) electrons. The van der Waals surface area contributed by atoms with E-state index in [9.17, 15) is 4.79 Å². The summed E-state index contributed by atoms with van der Waals surface area (Å²) in [5.74, 6) is 0.659. The van der Waals surface area contributed by atoms with E-state index in [4.69, 9.17) is 0 Å². The number of hydrogen-bond donors (Lipinski definition) is 2. The van der Waals surface area contributed by atoms with Crippen molar-refractivity contribution in [3.05, 3.63) is 29.8 Å². The Balaban J connectivity index is 1.89. The number of para-hydroxylation sites is 1. The Morgan fingerprint density at radius 1 is 1.22 bits per heavy atom. The van der Waals surface area contributed by atoms with Crippen molar-refractivity contribution in [1.29, 1.82) is 0 Å². The third-order valence-electron chi connectivity index (χ3n) is 3.00. The summed E-state index contributed by atoms with van der Waals surface area (Å²) < 4.78 is 0.792. The van der Waals surface area contributed by atoms with E-state index in [-0.39, 0.29) is 5.91 Å². The zero-order chi connectivity index (χ0) is 16.8. The van der Waals surface area contributed by atoms with Crippen LogP contribution in [-0.4, -0.2) is 27.9 Å². The first-order valence-corrected chi connectivity index (χ1v) is 9.37. The molecule has 2 aromatic rings. The number of carbonyl (C=O) groups excluding carboxylic acids is 1. The number of carbonyl (C=O) groups is 1. The van der Waals surface area contributed by atoms with Crippen LogP contribution in [0.5, 0.6) is 0 Å². The maximum absolute atomic E-state index is 12.2. The van der Waals surface area contributed by atoms with E-state index in [1.54, 1.807) is 0 Å². The van der Waals surface area contributed by atoms with Crippen LogP contribution >= 0.6 is 23.1 Å². The number of hydrogen-bond acceptors (Lipinski definition) is 6. The Labute approximate surface area is 145 Å². The Morgan fingerprint density at radius 3 is 2.65 bits per heavy atom. The van der Waals surface area contributed by atoms with Crippen LogP contribution in [0, 0.1) is 0 Å². The molecule has 1 amide bonds. The van der Waals surface area contributed by atoms with Gasteiger partial charge in [0.1, 0.15) is 0 Å². The van der Waals surface area contributed by atoms with Crippen LogP contribution in [-0.2, 0) is 4.79 Å². The summed E-state index contributed by atoms with van der Waals surface area (Å²) in [5, 5.41) is 15.1. The van der Waals surface area contributed by atoms with Crippen molar-refractivity contribution in [3.8, 4) is 0 Å². The Morgan fingerprint density at radius 2 is 1.96 bits per heavy atom. The van der Waals surface area contributed by atoms with E-state index in [1.807, 2.05) is 38.1 Å². The molecular formula is C16H22N4OS2. The molecule has 7 heteroatoms. The van der Waals surface area contributed by atoms with Crippen LogP contribution in [0.3, 0.4) is 0 Å². The first-order chi connectivity index (χ1) is 11.0. The standard InChI is InChI=1S/C16H22N4OS2/c1-10(2)12-7-5-6-8-13(12)18-14(21)9-22-16-20-19-15(23-16)17-11(3)4/h5-8,10-11H,9H2,1-4H3,(H,17,19)(H,18,21). The van der Waals surface area contributed by atoms with E-state index in [0.717, 1.165) is 20.7 Å². The number of nitrogens with one attached hydrogen (secondary N) is 2. The van der Waals surface area contributed by atoms with Crippen molar-refractivity contribution in [3.63, 3.8) is 0 Å². The molecule has 1 aromatic carbocycles. The van der Waals surface area contributed by atoms with Crippen molar-refractivity contribution in [2.24, 2.45) is 0 Å². The van der Waals surface area contributed by atoms with E-state index >= 15 is 0 Å². The maximum atomic E-state index is 12.2. The second kappa shape index (κ2) is 8.31. The number of amides is 1. The number of anilines is 2. The molecule has 0 aliphatic heterocycles. The summed E-state index contributed by atoms with van der Waals surface area (Å²) in [4.78, 5) is 12.2. The monoisotopic (exact) mass is 350 g/mol. The molecule has 0 atom stereocenters. The maximum Gasteiger partial charge on any atom is 0.234 e. The first kappa shape index (κ1) is 17.7. The Hall–Kier alpha value is -1.60. The second-order valence-electron chi connectivity index (χ2n) is 5.75. The molecule has 0 saturated carbocycles. The van der Waals surface area contributed by atoms with Crippen LogP contribution in [0.15, 0.2) is 28.6 Å². The first-order valence-electron chi connectivity index (χ1n) is 7.57. The molecule has 5 nitrogen and oxygen atoms in total. The van der Waals surface area contributed by atoms with Gasteiger partial charge in [0.25, 0.3) is 0 Å². The molecule has 0 aliphatic carbocycles. The summed E-state index contributed by atoms with van der Waals surface area (Å²) in [6.45, 7) is 8.33. The highest BCUT2D eigenvalue weighted by Crippen LogP contribution is 2.27. The van der Waals surface area contributed by atoms with Gasteiger partial charge in [-0.1, -0.05) is 55.1 Å². The highest BCUT2D eigenvalue weighted by atomic mass is 32.2. The molecule has 23 heavy (non-hydrogen) atoms. The lowest BCUT2D eigenvalue weighted by Gasteiger charge is -2.13. The third-order valence-corrected chi connectivity index (χ3v) is 4.99. The SMILES string of the molecule is CC(C)Nc1nnc(SCC(=O)Nc2ccccc2C(C)C)s1. The van der Waals surface area contributed by atoms with Crippen molar-refractivity contribution in [2.45, 2.75) is 44.0 Å². The molecule has 1 heterocycles. The Bertz CT molecular complexity index is 655. The number of thioether (sulfide) groups is 1. The van der Waals surface area contributed by atoms with E-state index in [0.29, 0.717) is 17.7 Å². The molecule has 2 N–H and O–H groups in total. The van der Waals surface area contributed by atoms with Crippen LogP contribution in [0.25, 0.3) is 0 Å². The average molecular weight is 351 g/mol. The van der Waals surface area contributed by atoms with Gasteiger partial charge in [0.05, 0.1) is 5.75 Å². The number of nitrogens with zero attached hydrogens (tertiary/aromatic N) is 2. The minimum absolute atomic E-state index is 0.0309. The molecule has 0 spiro atoms. The molecule has 124 valence electrons. The van der Waals surface area contributed by atoms with Gasteiger partial charge in [-0.15, -0.1) is 10.2 Å². The number of aromatic nitrogens is 2.